The normalized spacial score (nSPS) is 11.0. The summed E-state index contributed by atoms with van der Waals surface area (Å²) in [5.74, 6) is 0. The summed E-state index contributed by atoms with van der Waals surface area (Å²) in [6.07, 6.45) is 0. The lowest BCUT2D eigenvalue weighted by Crippen LogP contribution is -1.88. The van der Waals surface area contributed by atoms with Crippen LogP contribution < -0.4 is 5.73 Å². The van der Waals surface area contributed by atoms with Gasteiger partial charge in [-0.2, -0.15) is 0 Å². The summed E-state index contributed by atoms with van der Waals surface area (Å²) >= 11 is 13.6. The molecule has 0 radical (unpaired) electrons. The molecule has 2 N–H and O–H groups in total. The Labute approximate surface area is 118 Å². The SMILES string of the molecule is Nc1cc(Cl)ccc1-c1nc2cccc(Cl)c2s1. The molecule has 0 saturated heterocycles. The van der Waals surface area contributed by atoms with Crippen molar-refractivity contribution in [2.75, 3.05) is 5.73 Å². The lowest BCUT2D eigenvalue weighted by molar-refractivity contribution is 1.48. The second-order valence-electron chi connectivity index (χ2n) is 3.84. The van der Waals surface area contributed by atoms with Crippen molar-refractivity contribution in [1.29, 1.82) is 0 Å². The first-order valence-corrected chi connectivity index (χ1v) is 6.83. The Morgan fingerprint density at radius 1 is 1.11 bits per heavy atom. The zero-order valence-corrected chi connectivity index (χ0v) is 11.5. The Balaban J connectivity index is 2.23. The highest BCUT2D eigenvalue weighted by Crippen LogP contribution is 2.37. The number of thiazole rings is 1. The van der Waals surface area contributed by atoms with Crippen molar-refractivity contribution in [2.45, 2.75) is 0 Å². The van der Waals surface area contributed by atoms with E-state index < -0.39 is 0 Å². The summed E-state index contributed by atoms with van der Waals surface area (Å²) in [6.45, 7) is 0. The Kier molecular flexibility index (Phi) is 2.90. The molecule has 5 heteroatoms. The van der Waals surface area contributed by atoms with E-state index in [2.05, 4.69) is 4.98 Å². The highest BCUT2D eigenvalue weighted by atomic mass is 35.5. The minimum absolute atomic E-state index is 0.621. The predicted octanol–water partition coefficient (Wildman–Crippen LogP) is 4.85. The van der Waals surface area contributed by atoms with E-state index in [1.807, 2.05) is 24.3 Å². The first-order valence-electron chi connectivity index (χ1n) is 5.25. The fraction of sp³-hybridized carbons (Fsp3) is 0. The van der Waals surface area contributed by atoms with E-state index in [4.69, 9.17) is 28.9 Å². The second kappa shape index (κ2) is 4.43. The molecule has 90 valence electrons. The molecule has 0 aliphatic rings. The topological polar surface area (TPSA) is 38.9 Å². The molecule has 0 saturated carbocycles. The van der Waals surface area contributed by atoms with Crippen LogP contribution in [0.25, 0.3) is 20.8 Å². The van der Waals surface area contributed by atoms with Gasteiger partial charge in [0, 0.05) is 16.3 Å². The molecule has 18 heavy (non-hydrogen) atoms. The number of nitrogen functional groups attached to an aromatic ring is 1. The van der Waals surface area contributed by atoms with Crippen molar-refractivity contribution in [2.24, 2.45) is 0 Å². The molecule has 2 nitrogen and oxygen atoms in total. The van der Waals surface area contributed by atoms with Gasteiger partial charge in [0.05, 0.1) is 15.2 Å². The van der Waals surface area contributed by atoms with Gasteiger partial charge in [-0.25, -0.2) is 4.98 Å². The molecule has 0 atom stereocenters. The van der Waals surface area contributed by atoms with E-state index in [1.165, 1.54) is 11.3 Å². The predicted molar refractivity (Wildman–Crippen MR) is 79.5 cm³/mol. The number of aromatic nitrogens is 1. The molecule has 1 heterocycles. The molecule has 0 aliphatic carbocycles. The van der Waals surface area contributed by atoms with Gasteiger partial charge in [-0.05, 0) is 30.3 Å². The molecule has 1 aromatic heterocycles. The van der Waals surface area contributed by atoms with Crippen LogP contribution in [0.2, 0.25) is 10.0 Å². The van der Waals surface area contributed by atoms with Crippen LogP contribution in [0.4, 0.5) is 5.69 Å². The number of nitrogens with zero attached hydrogens (tertiary/aromatic N) is 1. The van der Waals surface area contributed by atoms with Crippen LogP contribution in [0.1, 0.15) is 0 Å². The van der Waals surface area contributed by atoms with Crippen molar-refractivity contribution < 1.29 is 0 Å². The summed E-state index contributed by atoms with van der Waals surface area (Å²) < 4.78 is 0.975. The molecule has 0 amide bonds. The molecule has 0 spiro atoms. The fourth-order valence-electron chi connectivity index (χ4n) is 1.76. The number of hydrogen-bond donors (Lipinski definition) is 1. The van der Waals surface area contributed by atoms with E-state index in [0.717, 1.165) is 20.8 Å². The van der Waals surface area contributed by atoms with Crippen LogP contribution >= 0.6 is 34.5 Å². The van der Waals surface area contributed by atoms with Crippen molar-refractivity contribution in [3.63, 3.8) is 0 Å². The molecule has 0 aliphatic heterocycles. The minimum atomic E-state index is 0.621. The highest BCUT2D eigenvalue weighted by molar-refractivity contribution is 7.22. The number of halogens is 2. The Morgan fingerprint density at radius 2 is 1.94 bits per heavy atom. The Hall–Kier alpha value is -1.29. The largest absolute Gasteiger partial charge is 0.398 e. The van der Waals surface area contributed by atoms with Gasteiger partial charge in [-0.15, -0.1) is 11.3 Å². The Bertz CT molecular complexity index is 737. The average molecular weight is 295 g/mol. The van der Waals surface area contributed by atoms with E-state index in [9.17, 15) is 0 Å². The highest BCUT2D eigenvalue weighted by Gasteiger charge is 2.11. The smallest absolute Gasteiger partial charge is 0.126 e. The van der Waals surface area contributed by atoms with Gasteiger partial charge in [0.2, 0.25) is 0 Å². The summed E-state index contributed by atoms with van der Waals surface area (Å²) in [7, 11) is 0. The molecule has 3 rings (SSSR count). The quantitative estimate of drug-likeness (QED) is 0.652. The molecule has 0 bridgehead atoms. The van der Waals surface area contributed by atoms with Crippen molar-refractivity contribution in [3.05, 3.63) is 46.4 Å². The van der Waals surface area contributed by atoms with Crippen LogP contribution in [0, 0.1) is 0 Å². The number of hydrogen-bond acceptors (Lipinski definition) is 3. The maximum Gasteiger partial charge on any atom is 0.126 e. The van der Waals surface area contributed by atoms with Gasteiger partial charge in [0.1, 0.15) is 5.01 Å². The van der Waals surface area contributed by atoms with Gasteiger partial charge >= 0.3 is 0 Å². The molecular weight excluding hydrogens is 287 g/mol. The fourth-order valence-corrected chi connectivity index (χ4v) is 3.24. The summed E-state index contributed by atoms with van der Waals surface area (Å²) in [5.41, 5.74) is 8.36. The van der Waals surface area contributed by atoms with Gasteiger partial charge < -0.3 is 5.73 Å². The number of benzene rings is 2. The molecule has 3 aromatic rings. The monoisotopic (exact) mass is 294 g/mol. The third-order valence-electron chi connectivity index (χ3n) is 2.61. The number of anilines is 1. The maximum absolute atomic E-state index is 6.14. The van der Waals surface area contributed by atoms with Crippen LogP contribution in [-0.2, 0) is 0 Å². The third kappa shape index (κ3) is 1.94. The van der Waals surface area contributed by atoms with E-state index in [1.54, 1.807) is 12.1 Å². The molecule has 0 unspecified atom stereocenters. The average Bonchev–Trinajstić information content (AvgIpc) is 2.74. The molecule has 2 aromatic carbocycles. The Morgan fingerprint density at radius 3 is 2.67 bits per heavy atom. The lowest BCUT2D eigenvalue weighted by atomic mass is 10.2. The van der Waals surface area contributed by atoms with Crippen molar-refractivity contribution in [1.82, 2.24) is 4.98 Å². The third-order valence-corrected chi connectivity index (χ3v) is 4.41. The molecular formula is C13H8Cl2N2S. The molecule has 0 fully saturated rings. The van der Waals surface area contributed by atoms with Crippen LogP contribution in [0.15, 0.2) is 36.4 Å². The summed E-state index contributed by atoms with van der Waals surface area (Å²) in [6, 6.07) is 11.1. The van der Waals surface area contributed by atoms with Crippen molar-refractivity contribution in [3.8, 4) is 10.6 Å². The lowest BCUT2D eigenvalue weighted by Gasteiger charge is -2.01. The zero-order valence-electron chi connectivity index (χ0n) is 9.15. The van der Waals surface area contributed by atoms with Crippen LogP contribution in [0.5, 0.6) is 0 Å². The minimum Gasteiger partial charge on any atom is -0.398 e. The standard InChI is InChI=1S/C13H8Cl2N2S/c14-7-4-5-8(10(16)6-7)13-17-11-3-1-2-9(15)12(11)18-13/h1-6H,16H2. The second-order valence-corrected chi connectivity index (χ2v) is 5.68. The van der Waals surface area contributed by atoms with Gasteiger partial charge in [-0.3, -0.25) is 0 Å². The van der Waals surface area contributed by atoms with E-state index in [-0.39, 0.29) is 0 Å². The van der Waals surface area contributed by atoms with Gasteiger partial charge in [0.25, 0.3) is 0 Å². The zero-order chi connectivity index (χ0) is 12.7. The van der Waals surface area contributed by atoms with E-state index >= 15 is 0 Å². The first kappa shape index (κ1) is 11.8. The van der Waals surface area contributed by atoms with Gasteiger partial charge in [-0.1, -0.05) is 29.3 Å². The van der Waals surface area contributed by atoms with Crippen LogP contribution in [-0.4, -0.2) is 4.98 Å². The summed E-state index contributed by atoms with van der Waals surface area (Å²) in [4.78, 5) is 4.55. The number of fused-ring (bicyclic) bond motifs is 1. The number of nitrogens with two attached hydrogens (primary N) is 1. The number of rotatable bonds is 1. The first-order chi connectivity index (χ1) is 8.65. The van der Waals surface area contributed by atoms with Crippen LogP contribution in [0.3, 0.4) is 0 Å². The maximum atomic E-state index is 6.14. The van der Waals surface area contributed by atoms with Gasteiger partial charge in [0.15, 0.2) is 0 Å². The summed E-state index contributed by atoms with van der Waals surface area (Å²) in [5, 5.41) is 2.19. The van der Waals surface area contributed by atoms with E-state index in [0.29, 0.717) is 15.7 Å². The van der Waals surface area contributed by atoms with Crippen molar-refractivity contribution >= 4 is 50.4 Å².